The van der Waals surface area contributed by atoms with Gasteiger partial charge in [0.1, 0.15) is 11.9 Å². The summed E-state index contributed by atoms with van der Waals surface area (Å²) in [6, 6.07) is 8.94. The van der Waals surface area contributed by atoms with E-state index in [4.69, 9.17) is 9.88 Å². The van der Waals surface area contributed by atoms with Gasteiger partial charge in [-0.15, -0.1) is 0 Å². The number of hydrogen-bond donors (Lipinski definition) is 1. The molecule has 8 heteroatoms. The number of primary sulfonamides is 1. The number of amides is 1. The van der Waals surface area contributed by atoms with Crippen molar-refractivity contribution in [2.75, 3.05) is 19.7 Å². The van der Waals surface area contributed by atoms with Crippen LogP contribution in [0.15, 0.2) is 41.3 Å². The van der Waals surface area contributed by atoms with Gasteiger partial charge in [0, 0.05) is 12.1 Å². The fourth-order valence-corrected chi connectivity index (χ4v) is 4.04. The molecule has 2 aromatic carbocycles. The van der Waals surface area contributed by atoms with Gasteiger partial charge in [-0.25, -0.2) is 17.9 Å². The van der Waals surface area contributed by atoms with Crippen molar-refractivity contribution in [3.05, 3.63) is 64.5 Å². The molecule has 3 rings (SSSR count). The van der Waals surface area contributed by atoms with Crippen LogP contribution in [0, 0.1) is 19.7 Å². The second-order valence-electron chi connectivity index (χ2n) is 6.64. The van der Waals surface area contributed by atoms with Crippen molar-refractivity contribution in [1.82, 2.24) is 4.90 Å². The van der Waals surface area contributed by atoms with Crippen molar-refractivity contribution < 1.29 is 22.3 Å². The third-order valence-corrected chi connectivity index (χ3v) is 5.71. The summed E-state index contributed by atoms with van der Waals surface area (Å²) in [4.78, 5) is 14.6. The minimum absolute atomic E-state index is 0.0557. The molecular weight excluding hydrogens is 371 g/mol. The van der Waals surface area contributed by atoms with E-state index >= 15 is 0 Å². The first-order chi connectivity index (χ1) is 12.7. The first kappa shape index (κ1) is 19.5. The molecular formula is C19H21FN2O4S. The summed E-state index contributed by atoms with van der Waals surface area (Å²) in [6.07, 6.45) is -0.369. The summed E-state index contributed by atoms with van der Waals surface area (Å²) in [7, 11) is -3.93. The molecule has 1 amide bonds. The lowest BCUT2D eigenvalue weighted by Gasteiger charge is -2.33. The largest absolute Gasteiger partial charge is 0.370 e. The number of morpholine rings is 1. The first-order valence-corrected chi connectivity index (χ1v) is 10.0. The van der Waals surface area contributed by atoms with Gasteiger partial charge in [0.2, 0.25) is 10.0 Å². The molecule has 0 spiro atoms. The Labute approximate surface area is 157 Å². The van der Waals surface area contributed by atoms with E-state index < -0.39 is 10.0 Å². The smallest absolute Gasteiger partial charge is 0.254 e. The van der Waals surface area contributed by atoms with Crippen molar-refractivity contribution >= 4 is 15.9 Å². The van der Waals surface area contributed by atoms with Gasteiger partial charge in [0.25, 0.3) is 5.91 Å². The Balaban J connectivity index is 1.88. The number of sulfonamides is 1. The molecule has 2 aromatic rings. The number of hydrogen-bond acceptors (Lipinski definition) is 4. The summed E-state index contributed by atoms with van der Waals surface area (Å²) in [5.74, 6) is -0.624. The van der Waals surface area contributed by atoms with E-state index in [0.717, 1.165) is 5.56 Å². The highest BCUT2D eigenvalue weighted by Gasteiger charge is 2.28. The number of nitrogens with two attached hydrogens (primary N) is 1. The molecule has 1 aliphatic heterocycles. The van der Waals surface area contributed by atoms with Crippen molar-refractivity contribution in [3.63, 3.8) is 0 Å². The summed E-state index contributed by atoms with van der Waals surface area (Å²) in [5, 5.41) is 5.26. The molecule has 0 radical (unpaired) electrons. The molecule has 1 aliphatic rings. The molecule has 144 valence electrons. The van der Waals surface area contributed by atoms with E-state index in [-0.39, 0.29) is 22.7 Å². The lowest BCUT2D eigenvalue weighted by Crippen LogP contribution is -2.42. The first-order valence-electron chi connectivity index (χ1n) is 8.47. The van der Waals surface area contributed by atoms with E-state index in [2.05, 4.69) is 0 Å². The number of aryl methyl sites for hydroxylation is 2. The Morgan fingerprint density at radius 2 is 1.85 bits per heavy atom. The molecule has 0 saturated carbocycles. The zero-order valence-electron chi connectivity index (χ0n) is 15.1. The van der Waals surface area contributed by atoms with E-state index in [9.17, 15) is 17.6 Å². The fraction of sp³-hybridized carbons (Fsp3) is 0.316. The topological polar surface area (TPSA) is 89.7 Å². The number of carbonyl (C=O) groups excluding carboxylic acids is 1. The Morgan fingerprint density at radius 1 is 1.19 bits per heavy atom. The summed E-state index contributed by atoms with van der Waals surface area (Å²) < 4.78 is 42.4. The minimum atomic E-state index is -3.93. The predicted molar refractivity (Wildman–Crippen MR) is 98.3 cm³/mol. The van der Waals surface area contributed by atoms with Crippen LogP contribution in [0.3, 0.4) is 0 Å². The molecule has 1 heterocycles. The quantitative estimate of drug-likeness (QED) is 0.868. The number of nitrogens with zero attached hydrogens (tertiary/aromatic N) is 1. The number of benzene rings is 2. The third-order valence-electron chi connectivity index (χ3n) is 4.65. The lowest BCUT2D eigenvalue weighted by atomic mass is 10.0. The van der Waals surface area contributed by atoms with Crippen LogP contribution in [0.25, 0.3) is 0 Å². The van der Waals surface area contributed by atoms with Crippen molar-refractivity contribution in [3.8, 4) is 0 Å². The highest BCUT2D eigenvalue weighted by atomic mass is 32.2. The Bertz CT molecular complexity index is 974. The summed E-state index contributed by atoms with van der Waals surface area (Å²) >= 11 is 0. The van der Waals surface area contributed by atoms with Gasteiger partial charge < -0.3 is 9.64 Å². The maximum absolute atomic E-state index is 13.1. The summed E-state index contributed by atoms with van der Waals surface area (Å²) in [6.45, 7) is 4.41. The van der Waals surface area contributed by atoms with Gasteiger partial charge in [-0.05, 0) is 48.7 Å². The number of ether oxygens (including phenoxy) is 1. The Kier molecular flexibility index (Phi) is 5.32. The van der Waals surface area contributed by atoms with E-state index in [0.29, 0.717) is 36.4 Å². The average Bonchev–Trinajstić information content (AvgIpc) is 2.61. The maximum Gasteiger partial charge on any atom is 0.254 e. The van der Waals surface area contributed by atoms with Gasteiger partial charge in [0.05, 0.1) is 18.0 Å². The van der Waals surface area contributed by atoms with Crippen LogP contribution in [0.4, 0.5) is 4.39 Å². The molecule has 6 nitrogen and oxygen atoms in total. The van der Waals surface area contributed by atoms with Gasteiger partial charge in [-0.1, -0.05) is 18.2 Å². The van der Waals surface area contributed by atoms with E-state index in [1.165, 1.54) is 18.2 Å². The molecule has 27 heavy (non-hydrogen) atoms. The van der Waals surface area contributed by atoms with E-state index in [1.54, 1.807) is 36.9 Å². The number of rotatable bonds is 3. The molecule has 0 aromatic heterocycles. The van der Waals surface area contributed by atoms with E-state index in [1.807, 2.05) is 0 Å². The van der Waals surface area contributed by atoms with Crippen molar-refractivity contribution in [2.24, 2.45) is 5.14 Å². The second-order valence-corrected chi connectivity index (χ2v) is 8.17. The summed E-state index contributed by atoms with van der Waals surface area (Å²) in [5.41, 5.74) is 2.25. The maximum atomic E-state index is 13.1. The zero-order chi connectivity index (χ0) is 19.8. The van der Waals surface area contributed by atoms with Gasteiger partial charge >= 0.3 is 0 Å². The molecule has 1 saturated heterocycles. The highest BCUT2D eigenvalue weighted by Crippen LogP contribution is 2.26. The Morgan fingerprint density at radius 3 is 2.48 bits per heavy atom. The number of carbonyl (C=O) groups is 1. The minimum Gasteiger partial charge on any atom is -0.370 e. The van der Waals surface area contributed by atoms with Crippen molar-refractivity contribution in [1.29, 1.82) is 0 Å². The number of halogens is 1. The highest BCUT2D eigenvalue weighted by molar-refractivity contribution is 7.89. The standard InChI is InChI=1S/C19H21FN2O4S/c1-12-9-13(2)18(27(21,24)25)10-16(12)19(23)22-7-8-26-17(11-22)14-3-5-15(20)6-4-14/h3-6,9-10,17H,7-8,11H2,1-2H3,(H2,21,24,25)/t17-/m0/s1. The molecule has 1 atom stereocenters. The van der Waals surface area contributed by atoms with Crippen LogP contribution in [0.2, 0.25) is 0 Å². The predicted octanol–water partition coefficient (Wildman–Crippen LogP) is 2.30. The van der Waals surface area contributed by atoms with Crippen LogP contribution in [0.5, 0.6) is 0 Å². The molecule has 0 unspecified atom stereocenters. The average molecular weight is 392 g/mol. The lowest BCUT2D eigenvalue weighted by molar-refractivity contribution is -0.0228. The monoisotopic (exact) mass is 392 g/mol. The van der Waals surface area contributed by atoms with Crippen LogP contribution in [-0.4, -0.2) is 38.9 Å². The van der Waals surface area contributed by atoms with Crippen LogP contribution in [-0.2, 0) is 14.8 Å². The fourth-order valence-electron chi connectivity index (χ4n) is 3.25. The van der Waals surface area contributed by atoms with Crippen LogP contribution < -0.4 is 5.14 Å². The molecule has 1 fully saturated rings. The Hall–Kier alpha value is -2.29. The zero-order valence-corrected chi connectivity index (χ0v) is 15.9. The van der Waals surface area contributed by atoms with Gasteiger partial charge in [0.15, 0.2) is 0 Å². The molecule has 0 aliphatic carbocycles. The van der Waals surface area contributed by atoms with Crippen LogP contribution >= 0.6 is 0 Å². The SMILES string of the molecule is Cc1cc(C)c(S(N)(=O)=O)cc1C(=O)N1CCO[C@H](c2ccc(F)cc2)C1. The van der Waals surface area contributed by atoms with Gasteiger partial charge in [-0.3, -0.25) is 4.79 Å². The normalized spacial score (nSPS) is 17.8. The van der Waals surface area contributed by atoms with Crippen LogP contribution in [0.1, 0.15) is 33.2 Å². The molecule has 0 bridgehead atoms. The molecule has 2 N–H and O–H groups in total. The van der Waals surface area contributed by atoms with Crippen molar-refractivity contribution in [2.45, 2.75) is 24.8 Å². The second kappa shape index (κ2) is 7.38. The third kappa shape index (κ3) is 4.18. The van der Waals surface area contributed by atoms with Gasteiger partial charge in [-0.2, -0.15) is 0 Å².